The van der Waals surface area contributed by atoms with Crippen LogP contribution in [-0.2, 0) is 33.3 Å². The average molecular weight is 496 g/mol. The highest BCUT2D eigenvalue weighted by Crippen LogP contribution is 2.30. The number of aliphatic hydroxyl groups is 5. The van der Waals surface area contributed by atoms with E-state index in [1.54, 1.807) is 0 Å². The van der Waals surface area contributed by atoms with Gasteiger partial charge in [0.15, 0.2) is 18.7 Å². The topological polar surface area (TPSA) is 234 Å². The summed E-state index contributed by atoms with van der Waals surface area (Å²) in [5.74, 6) is -2.60. The van der Waals surface area contributed by atoms with Crippen molar-refractivity contribution in [1.29, 1.82) is 0 Å². The van der Waals surface area contributed by atoms with Crippen LogP contribution >= 0.6 is 0 Å². The monoisotopic (exact) mass is 496 g/mol. The van der Waals surface area contributed by atoms with E-state index < -0.39 is 98.4 Å². The Balaban J connectivity index is 2.44. The second-order valence-corrected chi connectivity index (χ2v) is 8.09. The first-order valence-electron chi connectivity index (χ1n) is 10.6. The van der Waals surface area contributed by atoms with Crippen LogP contribution in [-0.4, -0.2) is 129 Å². The first-order chi connectivity index (χ1) is 15.9. The summed E-state index contributed by atoms with van der Waals surface area (Å²) in [6.07, 6.45) is -13.5. The molecular weight excluding hydrogens is 464 g/mol. The summed E-state index contributed by atoms with van der Waals surface area (Å²) in [6.45, 7) is 2.00. The zero-order valence-corrected chi connectivity index (χ0v) is 18.8. The average Bonchev–Trinajstić information content (AvgIpc) is 2.76. The number of rotatable bonds is 9. The van der Waals surface area contributed by atoms with Gasteiger partial charge in [-0.25, -0.2) is 4.79 Å². The Labute approximate surface area is 194 Å². The lowest BCUT2D eigenvalue weighted by Gasteiger charge is -2.48. The van der Waals surface area contributed by atoms with Gasteiger partial charge in [0.1, 0.15) is 48.7 Å². The maximum atomic E-state index is 11.7. The van der Waals surface area contributed by atoms with Crippen molar-refractivity contribution in [3.05, 3.63) is 0 Å². The van der Waals surface area contributed by atoms with Crippen LogP contribution in [0.2, 0.25) is 0 Å². The van der Waals surface area contributed by atoms with Gasteiger partial charge in [-0.05, 0) is 6.92 Å². The largest absolute Gasteiger partial charge is 0.479 e. The number of hydrogen-bond acceptors (Lipinski definition) is 12. The highest BCUT2D eigenvalue weighted by atomic mass is 16.7. The SMILES string of the molecule is CC(=O)N[C@@H]1[C@@H](OC(C)C(=O)O)[C@H](OC2O[C@H](CO)[C@@H](O)[C@H](O)[C@H]2NC(C)=O)[C@@H](CO)O[C@@H]1O. The Morgan fingerprint density at radius 2 is 1.44 bits per heavy atom. The Bertz CT molecular complexity index is 724. The van der Waals surface area contributed by atoms with Crippen molar-refractivity contribution in [1.82, 2.24) is 10.6 Å². The molecule has 0 radical (unpaired) electrons. The number of amides is 2. The van der Waals surface area contributed by atoms with Gasteiger partial charge >= 0.3 is 5.97 Å². The maximum absolute atomic E-state index is 11.7. The molecule has 0 aromatic carbocycles. The van der Waals surface area contributed by atoms with E-state index in [1.807, 2.05) is 0 Å². The van der Waals surface area contributed by atoms with Gasteiger partial charge in [-0.1, -0.05) is 0 Å². The summed E-state index contributed by atoms with van der Waals surface area (Å²) < 4.78 is 22.3. The molecule has 196 valence electrons. The van der Waals surface area contributed by atoms with Crippen LogP contribution in [0.5, 0.6) is 0 Å². The van der Waals surface area contributed by atoms with Crippen LogP contribution in [0.3, 0.4) is 0 Å². The molecule has 2 aliphatic rings. The molecule has 2 fully saturated rings. The van der Waals surface area contributed by atoms with Crippen molar-refractivity contribution in [3.8, 4) is 0 Å². The first-order valence-corrected chi connectivity index (χ1v) is 10.6. The van der Waals surface area contributed by atoms with Crippen LogP contribution in [0.4, 0.5) is 0 Å². The van der Waals surface area contributed by atoms with E-state index in [-0.39, 0.29) is 0 Å². The minimum Gasteiger partial charge on any atom is -0.479 e. The Hall–Kier alpha value is -1.95. The first kappa shape index (κ1) is 28.3. The molecular formula is C19H32N2O13. The summed E-state index contributed by atoms with van der Waals surface area (Å²) in [7, 11) is 0. The molecule has 34 heavy (non-hydrogen) atoms. The standard InChI is InChI=1S/C19H32N2O13/c1-6(17(28)29)31-16-12(21-8(3)25)18(30)32-10(5-23)15(16)34-19-11(20-7(2)24)14(27)13(26)9(4-22)33-19/h6,9-16,18-19,22-23,26-27,30H,4-5H2,1-3H3,(H,20,24)(H,21,25)(H,28,29)/t6?,9-,10-,11-,12-,13-,14-,15-,16-,18+,19?/m1/s1. The van der Waals surface area contributed by atoms with Crippen molar-refractivity contribution in [3.63, 3.8) is 0 Å². The van der Waals surface area contributed by atoms with Gasteiger partial charge in [0.25, 0.3) is 0 Å². The Kier molecular flexibility index (Phi) is 10.1. The number of carboxylic acid groups (broad SMARTS) is 1. The van der Waals surface area contributed by atoms with Gasteiger partial charge in [-0.3, -0.25) is 9.59 Å². The highest BCUT2D eigenvalue weighted by Gasteiger charge is 2.52. The predicted molar refractivity (Wildman–Crippen MR) is 108 cm³/mol. The van der Waals surface area contributed by atoms with Crippen molar-refractivity contribution in [2.45, 2.75) is 88.2 Å². The molecule has 11 atom stereocenters. The van der Waals surface area contributed by atoms with Crippen LogP contribution in [0.25, 0.3) is 0 Å². The number of aliphatic carboxylic acids is 1. The van der Waals surface area contributed by atoms with E-state index in [1.165, 1.54) is 6.92 Å². The summed E-state index contributed by atoms with van der Waals surface area (Å²) in [5.41, 5.74) is 0. The van der Waals surface area contributed by atoms with Crippen molar-refractivity contribution in [2.75, 3.05) is 13.2 Å². The molecule has 0 bridgehead atoms. The van der Waals surface area contributed by atoms with Crippen molar-refractivity contribution >= 4 is 17.8 Å². The van der Waals surface area contributed by atoms with Gasteiger partial charge in [0, 0.05) is 13.8 Å². The van der Waals surface area contributed by atoms with E-state index in [0.717, 1.165) is 13.8 Å². The minimum absolute atomic E-state index is 0.616. The summed E-state index contributed by atoms with van der Waals surface area (Å²) in [4.78, 5) is 34.8. The lowest BCUT2D eigenvalue weighted by molar-refractivity contribution is -0.333. The fraction of sp³-hybridized carbons (Fsp3) is 0.842. The van der Waals surface area contributed by atoms with Gasteiger partial charge in [-0.15, -0.1) is 0 Å². The van der Waals surface area contributed by atoms with Gasteiger partial charge in [0.2, 0.25) is 11.8 Å². The molecule has 2 rings (SSSR count). The number of carbonyl (C=O) groups excluding carboxylic acids is 2. The van der Waals surface area contributed by atoms with E-state index in [9.17, 15) is 45.0 Å². The molecule has 2 amide bonds. The fourth-order valence-corrected chi connectivity index (χ4v) is 3.82. The van der Waals surface area contributed by atoms with Crippen LogP contribution < -0.4 is 10.6 Å². The van der Waals surface area contributed by atoms with E-state index in [4.69, 9.17) is 18.9 Å². The number of ether oxygens (including phenoxy) is 4. The zero-order valence-electron chi connectivity index (χ0n) is 18.8. The van der Waals surface area contributed by atoms with E-state index in [2.05, 4.69) is 10.6 Å². The number of carboxylic acids is 1. The number of nitrogens with one attached hydrogen (secondary N) is 2. The molecule has 2 saturated heterocycles. The normalized spacial score (nSPS) is 39.2. The lowest BCUT2D eigenvalue weighted by atomic mass is 9.94. The zero-order chi connectivity index (χ0) is 25.7. The summed E-state index contributed by atoms with van der Waals surface area (Å²) >= 11 is 0. The molecule has 15 nitrogen and oxygen atoms in total. The quantitative estimate of drug-likeness (QED) is 0.150. The van der Waals surface area contributed by atoms with E-state index in [0.29, 0.717) is 0 Å². The number of carbonyl (C=O) groups is 3. The third-order valence-corrected chi connectivity index (χ3v) is 5.47. The molecule has 2 aliphatic heterocycles. The molecule has 0 spiro atoms. The molecule has 0 aromatic heterocycles. The molecule has 0 aromatic rings. The van der Waals surface area contributed by atoms with E-state index >= 15 is 0 Å². The molecule has 8 N–H and O–H groups in total. The Morgan fingerprint density at radius 3 is 1.94 bits per heavy atom. The Morgan fingerprint density at radius 1 is 0.882 bits per heavy atom. The van der Waals surface area contributed by atoms with Gasteiger partial charge in [-0.2, -0.15) is 0 Å². The predicted octanol–water partition coefficient (Wildman–Crippen LogP) is -4.61. The smallest absolute Gasteiger partial charge is 0.332 e. The molecule has 0 saturated carbocycles. The van der Waals surface area contributed by atoms with Crippen molar-refractivity contribution in [2.24, 2.45) is 0 Å². The molecule has 2 heterocycles. The summed E-state index contributed by atoms with van der Waals surface area (Å²) in [5, 5.41) is 64.4. The number of aliphatic hydroxyl groups excluding tert-OH is 5. The highest BCUT2D eigenvalue weighted by molar-refractivity contribution is 5.74. The fourth-order valence-electron chi connectivity index (χ4n) is 3.82. The second kappa shape index (κ2) is 12.1. The van der Waals surface area contributed by atoms with Crippen molar-refractivity contribution < 1.29 is 64.0 Å². The second-order valence-electron chi connectivity index (χ2n) is 8.09. The van der Waals surface area contributed by atoms with Gasteiger partial charge in [0.05, 0.1) is 13.2 Å². The minimum atomic E-state index is -1.72. The third-order valence-electron chi connectivity index (χ3n) is 5.47. The third kappa shape index (κ3) is 6.59. The molecule has 0 aliphatic carbocycles. The maximum Gasteiger partial charge on any atom is 0.332 e. The van der Waals surface area contributed by atoms with Gasteiger partial charge < -0.3 is 60.2 Å². The molecule has 15 heteroatoms. The van der Waals surface area contributed by atoms with Crippen LogP contribution in [0.15, 0.2) is 0 Å². The van der Waals surface area contributed by atoms with Crippen LogP contribution in [0.1, 0.15) is 20.8 Å². The number of hydrogen-bond donors (Lipinski definition) is 8. The summed E-state index contributed by atoms with van der Waals surface area (Å²) in [6, 6.07) is -2.71. The molecule has 2 unspecified atom stereocenters. The lowest BCUT2D eigenvalue weighted by Crippen LogP contribution is -2.69. The van der Waals surface area contributed by atoms with Crippen LogP contribution in [0, 0.1) is 0 Å².